The van der Waals surface area contributed by atoms with Crippen LogP contribution in [-0.4, -0.2) is 45.4 Å². The molecule has 0 aliphatic carbocycles. The fourth-order valence-corrected chi connectivity index (χ4v) is 3.74. The molecule has 2 aliphatic heterocycles. The quantitative estimate of drug-likeness (QED) is 0.635. The van der Waals surface area contributed by atoms with E-state index in [0.717, 1.165) is 42.0 Å². The SMILES string of the molecule is CC1CN(c2ccc3ncc4c(=O)n(C5C=CC=CN5)[nH]c4c3n2)CCN1. The maximum Gasteiger partial charge on any atom is 0.278 e. The molecule has 8 heteroatoms. The first-order chi connectivity index (χ1) is 13.2. The second kappa shape index (κ2) is 6.24. The monoisotopic (exact) mass is 363 g/mol. The van der Waals surface area contributed by atoms with Gasteiger partial charge in [0, 0.05) is 31.9 Å². The van der Waals surface area contributed by atoms with Crippen molar-refractivity contribution >= 4 is 27.8 Å². The Bertz CT molecular complexity index is 1130. The van der Waals surface area contributed by atoms with E-state index in [2.05, 4.69) is 32.5 Å². The predicted molar refractivity (Wildman–Crippen MR) is 106 cm³/mol. The van der Waals surface area contributed by atoms with Crippen LogP contribution in [0.1, 0.15) is 13.1 Å². The van der Waals surface area contributed by atoms with Crippen molar-refractivity contribution in [3.63, 3.8) is 0 Å². The molecule has 2 unspecified atom stereocenters. The predicted octanol–water partition coefficient (Wildman–Crippen LogP) is 1.24. The number of aromatic amines is 1. The Morgan fingerprint density at radius 2 is 2.19 bits per heavy atom. The second-order valence-electron chi connectivity index (χ2n) is 7.03. The van der Waals surface area contributed by atoms with E-state index in [9.17, 15) is 4.79 Å². The molecule has 3 N–H and O–H groups in total. The third kappa shape index (κ3) is 2.69. The molecule has 138 valence electrons. The van der Waals surface area contributed by atoms with Gasteiger partial charge in [-0.15, -0.1) is 0 Å². The molecule has 8 nitrogen and oxygen atoms in total. The normalized spacial score (nSPS) is 22.5. The molecule has 2 atom stereocenters. The van der Waals surface area contributed by atoms with Crippen molar-refractivity contribution in [2.45, 2.75) is 19.1 Å². The Morgan fingerprint density at radius 1 is 1.26 bits per heavy atom. The second-order valence-corrected chi connectivity index (χ2v) is 7.03. The first kappa shape index (κ1) is 16.1. The van der Waals surface area contributed by atoms with Gasteiger partial charge in [0.05, 0.1) is 16.4 Å². The fraction of sp³-hybridized carbons (Fsp3) is 0.316. The van der Waals surface area contributed by atoms with Gasteiger partial charge in [-0.25, -0.2) is 9.67 Å². The Balaban J connectivity index is 1.64. The number of pyridine rings is 2. The summed E-state index contributed by atoms with van der Waals surface area (Å²) in [6, 6.07) is 4.40. The molecular weight excluding hydrogens is 342 g/mol. The minimum Gasteiger partial charge on any atom is -0.367 e. The summed E-state index contributed by atoms with van der Waals surface area (Å²) in [6.45, 7) is 4.92. The van der Waals surface area contributed by atoms with Gasteiger partial charge in [0.2, 0.25) is 0 Å². The standard InChI is InChI=1S/C19H21N7O/c1-12-11-25(9-8-20-12)16-6-5-14-18(23-16)17-13(10-22-14)19(27)26(24-17)15-4-2-3-7-21-15/h2-7,10,12,15,20-21,24H,8-9,11H2,1H3. The van der Waals surface area contributed by atoms with Gasteiger partial charge in [0.25, 0.3) is 5.56 Å². The van der Waals surface area contributed by atoms with Gasteiger partial charge in [-0.3, -0.25) is 14.9 Å². The molecule has 0 saturated carbocycles. The van der Waals surface area contributed by atoms with E-state index >= 15 is 0 Å². The van der Waals surface area contributed by atoms with Crippen molar-refractivity contribution in [3.05, 3.63) is 53.1 Å². The van der Waals surface area contributed by atoms with E-state index in [1.807, 2.05) is 36.6 Å². The van der Waals surface area contributed by atoms with E-state index in [-0.39, 0.29) is 11.7 Å². The van der Waals surface area contributed by atoms with Crippen molar-refractivity contribution in [3.8, 4) is 0 Å². The van der Waals surface area contributed by atoms with Gasteiger partial charge in [0.1, 0.15) is 17.5 Å². The number of allylic oxidation sites excluding steroid dienone is 2. The van der Waals surface area contributed by atoms with Crippen LogP contribution in [0.2, 0.25) is 0 Å². The van der Waals surface area contributed by atoms with Gasteiger partial charge >= 0.3 is 0 Å². The third-order valence-electron chi connectivity index (χ3n) is 5.12. The van der Waals surface area contributed by atoms with E-state index in [1.165, 1.54) is 0 Å². The van der Waals surface area contributed by atoms with Crippen LogP contribution in [0.4, 0.5) is 5.82 Å². The summed E-state index contributed by atoms with van der Waals surface area (Å²) in [7, 11) is 0. The average molecular weight is 363 g/mol. The molecule has 1 fully saturated rings. The van der Waals surface area contributed by atoms with Crippen molar-refractivity contribution in [1.82, 2.24) is 30.4 Å². The lowest BCUT2D eigenvalue weighted by Crippen LogP contribution is -2.49. The van der Waals surface area contributed by atoms with Crippen LogP contribution in [0.3, 0.4) is 0 Å². The third-order valence-corrected chi connectivity index (χ3v) is 5.12. The zero-order valence-electron chi connectivity index (χ0n) is 15.0. The van der Waals surface area contributed by atoms with Gasteiger partial charge in [-0.2, -0.15) is 0 Å². The number of piperazine rings is 1. The smallest absolute Gasteiger partial charge is 0.278 e. The highest BCUT2D eigenvalue weighted by molar-refractivity contribution is 6.00. The minimum absolute atomic E-state index is 0.111. The summed E-state index contributed by atoms with van der Waals surface area (Å²) in [5.74, 6) is 0.914. The Labute approximate surface area is 155 Å². The lowest BCUT2D eigenvalue weighted by atomic mass is 10.2. The summed E-state index contributed by atoms with van der Waals surface area (Å²) < 4.78 is 1.58. The molecule has 3 aromatic heterocycles. The molecule has 0 amide bonds. The molecule has 1 saturated heterocycles. The van der Waals surface area contributed by atoms with Crippen molar-refractivity contribution in [2.75, 3.05) is 24.5 Å². The number of rotatable bonds is 2. The zero-order chi connectivity index (χ0) is 18.4. The molecular formula is C19H21N7O. The molecule has 2 aliphatic rings. The fourth-order valence-electron chi connectivity index (χ4n) is 3.74. The maximum atomic E-state index is 12.8. The molecule has 5 heterocycles. The van der Waals surface area contributed by atoms with Crippen LogP contribution in [-0.2, 0) is 0 Å². The molecule has 5 rings (SSSR count). The van der Waals surface area contributed by atoms with Crippen LogP contribution < -0.4 is 21.1 Å². The van der Waals surface area contributed by atoms with Gasteiger partial charge in [0.15, 0.2) is 0 Å². The average Bonchev–Trinajstić information content (AvgIpc) is 3.05. The Kier molecular flexibility index (Phi) is 3.71. The summed E-state index contributed by atoms with van der Waals surface area (Å²) in [6.07, 6.45) is 8.93. The van der Waals surface area contributed by atoms with Crippen molar-refractivity contribution in [2.24, 2.45) is 0 Å². The molecule has 3 aromatic rings. The van der Waals surface area contributed by atoms with Crippen LogP contribution in [0.5, 0.6) is 0 Å². The number of nitrogens with zero attached hydrogens (tertiary/aromatic N) is 4. The molecule has 0 aromatic carbocycles. The molecule has 0 radical (unpaired) electrons. The van der Waals surface area contributed by atoms with Gasteiger partial charge in [-0.1, -0.05) is 6.08 Å². The number of aromatic nitrogens is 4. The van der Waals surface area contributed by atoms with Crippen LogP contribution >= 0.6 is 0 Å². The first-order valence-corrected chi connectivity index (χ1v) is 9.18. The number of hydrogen-bond donors (Lipinski definition) is 3. The Morgan fingerprint density at radius 3 is 3.00 bits per heavy atom. The van der Waals surface area contributed by atoms with Crippen molar-refractivity contribution < 1.29 is 0 Å². The van der Waals surface area contributed by atoms with E-state index < -0.39 is 0 Å². The summed E-state index contributed by atoms with van der Waals surface area (Å²) in [5, 5.41) is 10.4. The number of hydrogen-bond acceptors (Lipinski definition) is 6. The lowest BCUT2D eigenvalue weighted by Gasteiger charge is -2.32. The van der Waals surface area contributed by atoms with Crippen LogP contribution in [0.25, 0.3) is 21.9 Å². The van der Waals surface area contributed by atoms with E-state index in [0.29, 0.717) is 11.4 Å². The molecule has 27 heavy (non-hydrogen) atoms. The van der Waals surface area contributed by atoms with E-state index in [1.54, 1.807) is 10.9 Å². The highest BCUT2D eigenvalue weighted by atomic mass is 16.1. The number of anilines is 1. The number of nitrogens with one attached hydrogen (secondary N) is 3. The summed E-state index contributed by atoms with van der Waals surface area (Å²) >= 11 is 0. The summed E-state index contributed by atoms with van der Waals surface area (Å²) in [5.41, 5.74) is 2.11. The number of fused-ring (bicyclic) bond motifs is 3. The van der Waals surface area contributed by atoms with Gasteiger partial charge < -0.3 is 15.5 Å². The lowest BCUT2D eigenvalue weighted by molar-refractivity contribution is 0.482. The van der Waals surface area contributed by atoms with Crippen LogP contribution in [0, 0.1) is 0 Å². The largest absolute Gasteiger partial charge is 0.367 e. The van der Waals surface area contributed by atoms with Crippen molar-refractivity contribution in [1.29, 1.82) is 0 Å². The van der Waals surface area contributed by atoms with Gasteiger partial charge in [-0.05, 0) is 37.4 Å². The highest BCUT2D eigenvalue weighted by Gasteiger charge is 2.20. The maximum absolute atomic E-state index is 12.8. The minimum atomic E-state index is -0.248. The number of H-pyrrole nitrogens is 1. The zero-order valence-corrected chi connectivity index (χ0v) is 15.0. The van der Waals surface area contributed by atoms with E-state index in [4.69, 9.17) is 4.98 Å². The summed E-state index contributed by atoms with van der Waals surface area (Å²) in [4.78, 5) is 24.4. The topological polar surface area (TPSA) is 90.9 Å². The highest BCUT2D eigenvalue weighted by Crippen LogP contribution is 2.23. The Hall–Kier alpha value is -3.13. The number of dihydropyridines is 1. The molecule has 0 bridgehead atoms. The first-order valence-electron chi connectivity index (χ1n) is 9.18. The molecule has 0 spiro atoms. The van der Waals surface area contributed by atoms with Crippen LogP contribution in [0.15, 0.2) is 47.6 Å².